The highest BCUT2D eigenvalue weighted by molar-refractivity contribution is 7.89. The van der Waals surface area contributed by atoms with Crippen molar-refractivity contribution in [3.63, 3.8) is 0 Å². The fourth-order valence-corrected chi connectivity index (χ4v) is 4.41. The number of aryl methyl sites for hydroxylation is 1. The van der Waals surface area contributed by atoms with Gasteiger partial charge in [0, 0.05) is 25.3 Å². The van der Waals surface area contributed by atoms with Crippen molar-refractivity contribution in [3.05, 3.63) is 59.9 Å². The number of amides is 2. The first-order valence-electron chi connectivity index (χ1n) is 9.77. The molecule has 2 amide bonds. The molecular formula is C21H26FN3O3S. The zero-order valence-corrected chi connectivity index (χ0v) is 17.2. The quantitative estimate of drug-likeness (QED) is 0.751. The van der Waals surface area contributed by atoms with E-state index in [1.54, 1.807) is 17.0 Å². The summed E-state index contributed by atoms with van der Waals surface area (Å²) < 4.78 is 40.6. The number of likely N-dealkylation sites (tertiary alicyclic amines) is 1. The number of nitrogens with one attached hydrogen (secondary N) is 2. The van der Waals surface area contributed by atoms with Crippen LogP contribution in [0.25, 0.3) is 0 Å². The average molecular weight is 420 g/mol. The summed E-state index contributed by atoms with van der Waals surface area (Å²) in [6.45, 7) is 3.47. The minimum atomic E-state index is -3.53. The van der Waals surface area contributed by atoms with Crippen LogP contribution in [-0.4, -0.2) is 39.0 Å². The van der Waals surface area contributed by atoms with E-state index in [-0.39, 0.29) is 22.7 Å². The van der Waals surface area contributed by atoms with E-state index in [4.69, 9.17) is 0 Å². The van der Waals surface area contributed by atoms with E-state index < -0.39 is 10.0 Å². The van der Waals surface area contributed by atoms with Gasteiger partial charge in [-0.15, -0.1) is 0 Å². The lowest BCUT2D eigenvalue weighted by atomic mass is 9.97. The van der Waals surface area contributed by atoms with Gasteiger partial charge in [-0.05, 0) is 67.1 Å². The molecule has 3 rings (SSSR count). The lowest BCUT2D eigenvalue weighted by Crippen LogP contribution is -2.43. The third kappa shape index (κ3) is 5.77. The highest BCUT2D eigenvalue weighted by Crippen LogP contribution is 2.19. The molecule has 29 heavy (non-hydrogen) atoms. The average Bonchev–Trinajstić information content (AvgIpc) is 2.74. The highest BCUT2D eigenvalue weighted by Gasteiger charge is 2.24. The highest BCUT2D eigenvalue weighted by atomic mass is 32.2. The monoisotopic (exact) mass is 419 g/mol. The molecule has 1 aliphatic rings. The Labute approximate surface area is 171 Å². The zero-order valence-electron chi connectivity index (χ0n) is 16.4. The Bertz CT molecular complexity index is 923. The molecule has 0 unspecified atom stereocenters. The van der Waals surface area contributed by atoms with Crippen molar-refractivity contribution in [2.45, 2.75) is 31.1 Å². The van der Waals surface area contributed by atoms with Gasteiger partial charge in [-0.1, -0.05) is 19.1 Å². The summed E-state index contributed by atoms with van der Waals surface area (Å²) in [5, 5.41) is 2.75. The van der Waals surface area contributed by atoms with Gasteiger partial charge in [-0.3, -0.25) is 0 Å². The molecule has 0 aromatic heterocycles. The number of hydrogen-bond acceptors (Lipinski definition) is 3. The third-order valence-electron chi connectivity index (χ3n) is 5.20. The number of nitrogens with zero attached hydrogens (tertiary/aromatic N) is 1. The summed E-state index contributed by atoms with van der Waals surface area (Å²) in [5.74, 6) is -0.179. The molecule has 2 aromatic rings. The summed E-state index contributed by atoms with van der Waals surface area (Å²) in [5.41, 5.74) is 1.63. The number of carbonyl (C=O) groups is 1. The van der Waals surface area contributed by atoms with Gasteiger partial charge in [-0.25, -0.2) is 22.3 Å². The molecule has 156 valence electrons. The van der Waals surface area contributed by atoms with Gasteiger partial charge in [0.1, 0.15) is 5.82 Å². The molecule has 0 aliphatic carbocycles. The maximum Gasteiger partial charge on any atom is 0.321 e. The molecule has 6 nitrogen and oxygen atoms in total. The summed E-state index contributed by atoms with van der Waals surface area (Å²) in [6.07, 6.45) is 2.29. The first-order chi connectivity index (χ1) is 13.9. The molecule has 1 aliphatic heterocycles. The number of hydrogen-bond donors (Lipinski definition) is 2. The minimum absolute atomic E-state index is 0.176. The van der Waals surface area contributed by atoms with Crippen LogP contribution in [-0.2, 0) is 16.4 Å². The molecule has 2 N–H and O–H groups in total. The zero-order chi connectivity index (χ0) is 20.9. The van der Waals surface area contributed by atoms with Gasteiger partial charge in [-0.2, -0.15) is 0 Å². The van der Waals surface area contributed by atoms with Gasteiger partial charge < -0.3 is 10.2 Å². The largest absolute Gasteiger partial charge is 0.325 e. The second-order valence-electron chi connectivity index (χ2n) is 7.22. The Morgan fingerprint density at radius 1 is 1.07 bits per heavy atom. The van der Waals surface area contributed by atoms with Crippen LogP contribution in [0.15, 0.2) is 53.4 Å². The van der Waals surface area contributed by atoms with Crippen molar-refractivity contribution in [1.82, 2.24) is 9.62 Å². The van der Waals surface area contributed by atoms with E-state index in [1.165, 1.54) is 24.3 Å². The van der Waals surface area contributed by atoms with E-state index in [2.05, 4.69) is 10.0 Å². The predicted octanol–water partition coefficient (Wildman–Crippen LogP) is 3.61. The molecule has 0 spiro atoms. The molecule has 1 saturated heterocycles. The van der Waals surface area contributed by atoms with Gasteiger partial charge >= 0.3 is 6.03 Å². The molecule has 0 saturated carbocycles. The smallest absolute Gasteiger partial charge is 0.321 e. The minimum Gasteiger partial charge on any atom is -0.325 e. The maximum atomic E-state index is 12.9. The predicted molar refractivity (Wildman–Crippen MR) is 111 cm³/mol. The van der Waals surface area contributed by atoms with E-state index in [9.17, 15) is 17.6 Å². The third-order valence-corrected chi connectivity index (χ3v) is 6.64. The van der Waals surface area contributed by atoms with Crippen LogP contribution < -0.4 is 10.0 Å². The molecular weight excluding hydrogens is 393 g/mol. The Morgan fingerprint density at radius 3 is 2.28 bits per heavy atom. The van der Waals surface area contributed by atoms with Crippen LogP contribution in [0, 0.1) is 11.7 Å². The lowest BCUT2D eigenvalue weighted by molar-refractivity contribution is 0.183. The fourth-order valence-electron chi connectivity index (χ4n) is 3.29. The number of halogens is 1. The van der Waals surface area contributed by atoms with Crippen LogP contribution in [0.2, 0.25) is 0 Å². The first-order valence-corrected chi connectivity index (χ1v) is 11.3. The van der Waals surface area contributed by atoms with Crippen molar-refractivity contribution < 1.29 is 17.6 Å². The van der Waals surface area contributed by atoms with Crippen LogP contribution in [0.3, 0.4) is 0 Å². The Balaban J connectivity index is 1.46. The normalized spacial score (nSPS) is 15.3. The summed E-state index contributed by atoms with van der Waals surface area (Å²) in [6, 6.07) is 12.3. The standard InChI is InChI=1S/C21H26FN3O3S/c1-2-16-3-9-20(10-4-16)29(27,28)23-15-17-11-13-25(14-12-17)21(26)24-19-7-5-18(22)6-8-19/h3-10,17,23H,2,11-15H2,1H3,(H,24,26). The van der Waals surface area contributed by atoms with E-state index in [0.29, 0.717) is 38.2 Å². The van der Waals surface area contributed by atoms with E-state index >= 15 is 0 Å². The second-order valence-corrected chi connectivity index (χ2v) is 8.98. The van der Waals surface area contributed by atoms with Crippen molar-refractivity contribution in [3.8, 4) is 0 Å². The molecule has 1 heterocycles. The van der Waals surface area contributed by atoms with Gasteiger partial charge in [0.05, 0.1) is 4.90 Å². The van der Waals surface area contributed by atoms with E-state index in [0.717, 1.165) is 12.0 Å². The molecule has 1 fully saturated rings. The number of sulfonamides is 1. The molecule has 8 heteroatoms. The number of urea groups is 1. The van der Waals surface area contributed by atoms with Crippen molar-refractivity contribution in [1.29, 1.82) is 0 Å². The Kier molecular flexibility index (Phi) is 6.87. The van der Waals surface area contributed by atoms with E-state index in [1.807, 2.05) is 19.1 Å². The molecule has 0 radical (unpaired) electrons. The van der Waals surface area contributed by atoms with Crippen molar-refractivity contribution in [2.75, 3.05) is 25.0 Å². The Hall–Kier alpha value is -2.45. The number of rotatable bonds is 6. The first kappa shape index (κ1) is 21.3. The molecule has 0 atom stereocenters. The van der Waals surface area contributed by atoms with Gasteiger partial charge in [0.2, 0.25) is 10.0 Å². The van der Waals surface area contributed by atoms with Crippen LogP contribution in [0.5, 0.6) is 0 Å². The second kappa shape index (κ2) is 9.37. The van der Waals surface area contributed by atoms with Crippen LogP contribution in [0.4, 0.5) is 14.9 Å². The lowest BCUT2D eigenvalue weighted by Gasteiger charge is -2.32. The molecule has 2 aromatic carbocycles. The number of piperidine rings is 1. The van der Waals surface area contributed by atoms with Gasteiger partial charge in [0.15, 0.2) is 0 Å². The summed E-state index contributed by atoms with van der Waals surface area (Å²) in [7, 11) is -3.53. The summed E-state index contributed by atoms with van der Waals surface area (Å²) in [4.78, 5) is 14.3. The van der Waals surface area contributed by atoms with Crippen molar-refractivity contribution >= 4 is 21.7 Å². The Morgan fingerprint density at radius 2 is 1.69 bits per heavy atom. The van der Waals surface area contributed by atoms with Gasteiger partial charge in [0.25, 0.3) is 0 Å². The van der Waals surface area contributed by atoms with Crippen molar-refractivity contribution in [2.24, 2.45) is 5.92 Å². The fraction of sp³-hybridized carbons (Fsp3) is 0.381. The number of benzene rings is 2. The number of anilines is 1. The van der Waals surface area contributed by atoms with Crippen LogP contribution >= 0.6 is 0 Å². The van der Waals surface area contributed by atoms with Crippen LogP contribution in [0.1, 0.15) is 25.3 Å². The number of carbonyl (C=O) groups excluding carboxylic acids is 1. The SMILES string of the molecule is CCc1ccc(S(=O)(=O)NCC2CCN(C(=O)Nc3ccc(F)cc3)CC2)cc1. The summed E-state index contributed by atoms with van der Waals surface area (Å²) >= 11 is 0. The molecule has 0 bridgehead atoms. The maximum absolute atomic E-state index is 12.9. The topological polar surface area (TPSA) is 78.5 Å².